The van der Waals surface area contributed by atoms with Crippen LogP contribution in [0, 0.1) is 0 Å². The van der Waals surface area contributed by atoms with E-state index in [1.54, 1.807) is 0 Å². The highest BCUT2D eigenvalue weighted by molar-refractivity contribution is 7.47. The SMILES string of the molecule is CCCCCCCCCCCCCCCCCCCCCCCCCCC(=O)OC(COCCCCCCCC)COP(=O)(O)OCCN. The summed E-state index contributed by atoms with van der Waals surface area (Å²) >= 11 is 0. The summed E-state index contributed by atoms with van der Waals surface area (Å²) in [7, 11) is -4.26. The summed E-state index contributed by atoms with van der Waals surface area (Å²) in [6, 6.07) is 0. The van der Waals surface area contributed by atoms with Crippen LogP contribution in [-0.2, 0) is 27.9 Å². The molecule has 0 aliphatic heterocycles. The number of unbranched alkanes of at least 4 members (excludes halogenated alkanes) is 28. The standard InChI is InChI=1S/C40H82NO7P/c1-3-5-7-9-11-12-13-14-15-16-17-18-19-20-21-22-23-24-25-26-27-28-29-31-33-40(42)48-39(38-47-49(43,44)46-36-34-41)37-45-35-32-30-10-8-6-4-2/h39H,3-38,41H2,1-2H3,(H,43,44). The van der Waals surface area contributed by atoms with E-state index in [0.29, 0.717) is 13.0 Å². The lowest BCUT2D eigenvalue weighted by molar-refractivity contribution is -0.154. The van der Waals surface area contributed by atoms with E-state index in [1.807, 2.05) is 0 Å². The summed E-state index contributed by atoms with van der Waals surface area (Å²) in [6.45, 7) is 4.91. The fourth-order valence-electron chi connectivity index (χ4n) is 6.17. The first kappa shape index (κ1) is 48.5. The van der Waals surface area contributed by atoms with Gasteiger partial charge in [-0.2, -0.15) is 0 Å². The van der Waals surface area contributed by atoms with Crippen molar-refractivity contribution < 1.29 is 32.8 Å². The molecule has 0 heterocycles. The van der Waals surface area contributed by atoms with Gasteiger partial charge in [-0.1, -0.05) is 194 Å². The van der Waals surface area contributed by atoms with Crippen LogP contribution in [0.5, 0.6) is 0 Å². The van der Waals surface area contributed by atoms with Gasteiger partial charge in [0.15, 0.2) is 0 Å². The smallest absolute Gasteiger partial charge is 0.457 e. The van der Waals surface area contributed by atoms with E-state index in [1.165, 1.54) is 161 Å². The number of carbonyl (C=O) groups excluding carboxylic acids is 1. The molecule has 0 aromatic heterocycles. The van der Waals surface area contributed by atoms with Gasteiger partial charge in [0.2, 0.25) is 0 Å². The summed E-state index contributed by atoms with van der Waals surface area (Å²) in [5.74, 6) is -0.328. The van der Waals surface area contributed by atoms with Crippen molar-refractivity contribution in [2.75, 3.05) is 33.0 Å². The number of esters is 1. The highest BCUT2D eigenvalue weighted by Gasteiger charge is 2.25. The molecule has 3 N–H and O–H groups in total. The Morgan fingerprint density at radius 2 is 0.898 bits per heavy atom. The molecule has 0 aliphatic rings. The zero-order chi connectivity index (χ0) is 35.9. The molecule has 0 rings (SSSR count). The Morgan fingerprint density at radius 3 is 1.29 bits per heavy atom. The van der Waals surface area contributed by atoms with Crippen molar-refractivity contribution in [3.8, 4) is 0 Å². The molecule has 8 nitrogen and oxygen atoms in total. The first-order chi connectivity index (χ1) is 23.9. The Bertz CT molecular complexity index is 727. The molecule has 0 aromatic carbocycles. The Labute approximate surface area is 303 Å². The van der Waals surface area contributed by atoms with Crippen molar-refractivity contribution in [3.05, 3.63) is 0 Å². The minimum absolute atomic E-state index is 0.0909. The van der Waals surface area contributed by atoms with E-state index in [4.69, 9.17) is 24.3 Å². The molecule has 2 unspecified atom stereocenters. The van der Waals surface area contributed by atoms with Crippen LogP contribution in [0.2, 0.25) is 0 Å². The number of rotatable bonds is 41. The molecule has 0 radical (unpaired) electrons. The molecule has 0 amide bonds. The highest BCUT2D eigenvalue weighted by Crippen LogP contribution is 2.43. The van der Waals surface area contributed by atoms with Crippen LogP contribution in [0.4, 0.5) is 0 Å². The van der Waals surface area contributed by atoms with Gasteiger partial charge in [-0.05, 0) is 12.8 Å². The monoisotopic (exact) mass is 720 g/mol. The van der Waals surface area contributed by atoms with Crippen LogP contribution in [0.25, 0.3) is 0 Å². The Morgan fingerprint density at radius 1 is 0.531 bits per heavy atom. The molecule has 49 heavy (non-hydrogen) atoms. The van der Waals surface area contributed by atoms with Gasteiger partial charge in [-0.3, -0.25) is 13.8 Å². The predicted molar refractivity (Wildman–Crippen MR) is 206 cm³/mol. The third-order valence-electron chi connectivity index (χ3n) is 9.27. The summed E-state index contributed by atoms with van der Waals surface area (Å²) in [5.41, 5.74) is 5.34. The average Bonchev–Trinajstić information content (AvgIpc) is 3.09. The molecule has 294 valence electrons. The minimum atomic E-state index is -4.26. The van der Waals surface area contributed by atoms with Crippen LogP contribution < -0.4 is 5.73 Å². The summed E-state index contributed by atoms with van der Waals surface area (Å²) in [4.78, 5) is 22.3. The minimum Gasteiger partial charge on any atom is -0.457 e. The van der Waals surface area contributed by atoms with Gasteiger partial charge < -0.3 is 20.1 Å². The molecular weight excluding hydrogens is 637 g/mol. The lowest BCUT2D eigenvalue weighted by atomic mass is 10.0. The fourth-order valence-corrected chi connectivity index (χ4v) is 6.94. The molecule has 0 saturated carbocycles. The maximum Gasteiger partial charge on any atom is 0.472 e. The van der Waals surface area contributed by atoms with Crippen LogP contribution in [0.15, 0.2) is 0 Å². The van der Waals surface area contributed by atoms with Crippen molar-refractivity contribution in [1.29, 1.82) is 0 Å². The Balaban J connectivity index is 3.75. The average molecular weight is 720 g/mol. The van der Waals surface area contributed by atoms with E-state index >= 15 is 0 Å². The van der Waals surface area contributed by atoms with E-state index in [9.17, 15) is 14.3 Å². The largest absolute Gasteiger partial charge is 0.472 e. The third kappa shape index (κ3) is 38.6. The Kier molecular flexibility index (Phi) is 38.3. The molecule has 2 atom stereocenters. The summed E-state index contributed by atoms with van der Waals surface area (Å²) < 4.78 is 33.1. The quantitative estimate of drug-likeness (QED) is 0.0364. The Hall–Kier alpha value is -0.500. The second kappa shape index (κ2) is 38.7. The number of nitrogens with two attached hydrogens (primary N) is 1. The van der Waals surface area contributed by atoms with E-state index in [0.717, 1.165) is 32.1 Å². The van der Waals surface area contributed by atoms with Crippen molar-refractivity contribution >= 4 is 13.8 Å². The van der Waals surface area contributed by atoms with Crippen LogP contribution in [0.1, 0.15) is 213 Å². The molecule has 0 saturated heterocycles. The summed E-state index contributed by atoms with van der Waals surface area (Å²) in [5, 5.41) is 0. The van der Waals surface area contributed by atoms with Gasteiger partial charge in [-0.25, -0.2) is 4.57 Å². The normalized spacial score (nSPS) is 13.5. The van der Waals surface area contributed by atoms with Crippen molar-refractivity contribution in [2.45, 2.75) is 219 Å². The van der Waals surface area contributed by atoms with Gasteiger partial charge in [0.1, 0.15) is 6.10 Å². The zero-order valence-corrected chi connectivity index (χ0v) is 33.3. The van der Waals surface area contributed by atoms with E-state index < -0.39 is 13.9 Å². The molecule has 9 heteroatoms. The number of carbonyl (C=O) groups is 1. The first-order valence-corrected chi connectivity index (χ1v) is 22.5. The zero-order valence-electron chi connectivity index (χ0n) is 32.5. The van der Waals surface area contributed by atoms with Gasteiger partial charge in [0, 0.05) is 19.6 Å². The highest BCUT2D eigenvalue weighted by atomic mass is 31.2. The summed E-state index contributed by atoms with van der Waals surface area (Å²) in [6.07, 6.45) is 38.7. The van der Waals surface area contributed by atoms with Gasteiger partial charge in [0.25, 0.3) is 0 Å². The number of ether oxygens (including phenoxy) is 2. The maximum atomic E-state index is 12.5. The van der Waals surface area contributed by atoms with Gasteiger partial charge in [-0.15, -0.1) is 0 Å². The van der Waals surface area contributed by atoms with Crippen LogP contribution in [-0.4, -0.2) is 49.9 Å². The van der Waals surface area contributed by atoms with Crippen LogP contribution in [0.3, 0.4) is 0 Å². The molecule has 0 bridgehead atoms. The fraction of sp³-hybridized carbons (Fsp3) is 0.975. The maximum absolute atomic E-state index is 12.5. The van der Waals surface area contributed by atoms with Gasteiger partial charge in [0.05, 0.1) is 19.8 Å². The number of hydrogen-bond acceptors (Lipinski definition) is 7. The van der Waals surface area contributed by atoms with Crippen LogP contribution >= 0.6 is 7.82 Å². The second-order valence-corrected chi connectivity index (χ2v) is 15.7. The topological polar surface area (TPSA) is 117 Å². The lowest BCUT2D eigenvalue weighted by Crippen LogP contribution is -2.28. The number of phosphoric acid groups is 1. The predicted octanol–water partition coefficient (Wildman–Crippen LogP) is 12.1. The molecular formula is C40H82NO7P. The van der Waals surface area contributed by atoms with E-state index in [-0.39, 0.29) is 32.3 Å². The van der Waals surface area contributed by atoms with Crippen molar-refractivity contribution in [2.24, 2.45) is 5.73 Å². The van der Waals surface area contributed by atoms with E-state index in [2.05, 4.69) is 13.8 Å². The lowest BCUT2D eigenvalue weighted by Gasteiger charge is -2.20. The molecule has 0 fully saturated rings. The first-order valence-electron chi connectivity index (χ1n) is 21.0. The second-order valence-electron chi connectivity index (χ2n) is 14.2. The molecule has 0 spiro atoms. The molecule has 0 aromatic rings. The van der Waals surface area contributed by atoms with Gasteiger partial charge >= 0.3 is 13.8 Å². The van der Waals surface area contributed by atoms with Crippen molar-refractivity contribution in [3.63, 3.8) is 0 Å². The third-order valence-corrected chi connectivity index (χ3v) is 10.3. The number of phosphoric ester groups is 1. The van der Waals surface area contributed by atoms with Crippen molar-refractivity contribution in [1.82, 2.24) is 0 Å². The number of hydrogen-bond donors (Lipinski definition) is 2. The molecule has 0 aliphatic carbocycles.